The van der Waals surface area contributed by atoms with Gasteiger partial charge in [0, 0.05) is 32.4 Å². The highest BCUT2D eigenvalue weighted by atomic mass is 15.1. The zero-order valence-corrected chi connectivity index (χ0v) is 13.0. The second kappa shape index (κ2) is 9.23. The summed E-state index contributed by atoms with van der Waals surface area (Å²) in [5.41, 5.74) is 7.05. The fourth-order valence-corrected chi connectivity index (χ4v) is 1.84. The van der Waals surface area contributed by atoms with Crippen LogP contribution in [0.5, 0.6) is 0 Å². The molecule has 0 unspecified atom stereocenters. The Morgan fingerprint density at radius 3 is 2.60 bits per heavy atom. The molecule has 0 aliphatic rings. The Balaban J connectivity index is 2.12. The van der Waals surface area contributed by atoms with Gasteiger partial charge in [-0.2, -0.15) is 0 Å². The zero-order valence-electron chi connectivity index (χ0n) is 13.0. The molecule has 112 valence electrons. The number of nitrogens with one attached hydrogen (secondary N) is 1. The number of anilines is 1. The molecular formula is C16H28N4. The van der Waals surface area contributed by atoms with Gasteiger partial charge < -0.3 is 16.0 Å². The van der Waals surface area contributed by atoms with Gasteiger partial charge in [0.15, 0.2) is 5.96 Å². The lowest BCUT2D eigenvalue weighted by Gasteiger charge is -2.19. The molecule has 0 saturated heterocycles. The summed E-state index contributed by atoms with van der Waals surface area (Å²) >= 11 is 0. The van der Waals surface area contributed by atoms with Crippen molar-refractivity contribution in [2.24, 2.45) is 16.6 Å². The van der Waals surface area contributed by atoms with Gasteiger partial charge in [-0.3, -0.25) is 4.99 Å². The monoisotopic (exact) mass is 276 g/mol. The molecule has 1 rings (SSSR count). The molecule has 0 aliphatic heterocycles. The van der Waals surface area contributed by atoms with Crippen LogP contribution in [0.2, 0.25) is 0 Å². The molecule has 1 aromatic rings. The van der Waals surface area contributed by atoms with Crippen LogP contribution in [-0.2, 0) is 0 Å². The lowest BCUT2D eigenvalue weighted by atomic mass is 10.2. The second-order valence-electron chi connectivity index (χ2n) is 5.51. The quantitative estimate of drug-likeness (QED) is 0.436. The minimum atomic E-state index is 0.551. The fraction of sp³-hybridized carbons (Fsp3) is 0.562. The largest absolute Gasteiger partial charge is 0.375 e. The number of aliphatic imine (C=N–C) groups is 1. The summed E-state index contributed by atoms with van der Waals surface area (Å²) in [6.45, 7) is 6.99. The molecule has 4 nitrogen and oxygen atoms in total. The number of unbranched alkanes of at least 4 members (excludes halogenated alkanes) is 1. The van der Waals surface area contributed by atoms with E-state index >= 15 is 0 Å². The molecule has 0 amide bonds. The summed E-state index contributed by atoms with van der Waals surface area (Å²) in [6.07, 6.45) is 2.23. The van der Waals surface area contributed by atoms with E-state index < -0.39 is 0 Å². The highest BCUT2D eigenvalue weighted by molar-refractivity contribution is 5.77. The van der Waals surface area contributed by atoms with Crippen molar-refractivity contribution in [3.63, 3.8) is 0 Å². The number of hydrogen-bond acceptors (Lipinski definition) is 2. The third kappa shape index (κ3) is 7.02. The van der Waals surface area contributed by atoms with Gasteiger partial charge >= 0.3 is 0 Å². The third-order valence-electron chi connectivity index (χ3n) is 3.05. The summed E-state index contributed by atoms with van der Waals surface area (Å²) < 4.78 is 0. The first kappa shape index (κ1) is 16.3. The van der Waals surface area contributed by atoms with Crippen molar-refractivity contribution in [3.05, 3.63) is 30.3 Å². The van der Waals surface area contributed by atoms with Crippen molar-refractivity contribution >= 4 is 11.6 Å². The van der Waals surface area contributed by atoms with Crippen LogP contribution in [0.3, 0.4) is 0 Å². The third-order valence-corrected chi connectivity index (χ3v) is 3.05. The molecule has 0 atom stereocenters. The highest BCUT2D eigenvalue weighted by Crippen LogP contribution is 2.11. The summed E-state index contributed by atoms with van der Waals surface area (Å²) in [5, 5.41) is 3.16. The van der Waals surface area contributed by atoms with Crippen LogP contribution in [0.4, 0.5) is 5.69 Å². The first-order valence-electron chi connectivity index (χ1n) is 7.39. The van der Waals surface area contributed by atoms with Crippen LogP contribution < -0.4 is 16.0 Å². The van der Waals surface area contributed by atoms with E-state index in [1.165, 1.54) is 5.69 Å². The SMILES string of the molecule is CC(C)CN=C(N)NCCCCN(C)c1ccccc1. The standard InChI is InChI=1S/C16H28N4/c1-14(2)13-19-16(17)18-11-7-8-12-20(3)15-9-5-4-6-10-15/h4-6,9-10,14H,7-8,11-13H2,1-3H3,(H3,17,18,19). The van der Waals surface area contributed by atoms with E-state index in [-0.39, 0.29) is 0 Å². The molecule has 0 spiro atoms. The molecule has 1 aromatic carbocycles. The smallest absolute Gasteiger partial charge is 0.188 e. The van der Waals surface area contributed by atoms with Crippen molar-refractivity contribution in [2.75, 3.05) is 31.6 Å². The molecule has 0 fully saturated rings. The van der Waals surface area contributed by atoms with Crippen molar-refractivity contribution in [3.8, 4) is 0 Å². The van der Waals surface area contributed by atoms with E-state index in [0.717, 1.165) is 32.5 Å². The normalized spacial score (nSPS) is 11.7. The van der Waals surface area contributed by atoms with Crippen LogP contribution in [0.15, 0.2) is 35.3 Å². The Bertz CT molecular complexity index is 387. The Hall–Kier alpha value is -1.71. The maximum Gasteiger partial charge on any atom is 0.188 e. The minimum absolute atomic E-state index is 0.551. The van der Waals surface area contributed by atoms with Crippen molar-refractivity contribution in [2.45, 2.75) is 26.7 Å². The van der Waals surface area contributed by atoms with Gasteiger partial charge in [-0.15, -0.1) is 0 Å². The number of benzene rings is 1. The fourth-order valence-electron chi connectivity index (χ4n) is 1.84. The van der Waals surface area contributed by atoms with E-state index in [1.54, 1.807) is 0 Å². The van der Waals surface area contributed by atoms with Crippen LogP contribution >= 0.6 is 0 Å². The van der Waals surface area contributed by atoms with Crippen LogP contribution in [0, 0.1) is 5.92 Å². The van der Waals surface area contributed by atoms with Gasteiger partial charge in [0.25, 0.3) is 0 Å². The predicted octanol–water partition coefficient (Wildman–Crippen LogP) is 2.46. The number of nitrogens with two attached hydrogens (primary N) is 1. The molecule has 0 heterocycles. The molecule has 4 heteroatoms. The molecule has 0 aromatic heterocycles. The number of guanidine groups is 1. The van der Waals surface area contributed by atoms with E-state index in [4.69, 9.17) is 5.73 Å². The summed E-state index contributed by atoms with van der Waals surface area (Å²) in [7, 11) is 2.13. The van der Waals surface area contributed by atoms with Gasteiger partial charge in [0.1, 0.15) is 0 Å². The predicted molar refractivity (Wildman–Crippen MR) is 88.3 cm³/mol. The maximum absolute atomic E-state index is 5.78. The molecule has 20 heavy (non-hydrogen) atoms. The molecule has 0 aliphatic carbocycles. The molecule has 0 radical (unpaired) electrons. The lowest BCUT2D eigenvalue weighted by molar-refractivity contribution is 0.656. The highest BCUT2D eigenvalue weighted by Gasteiger charge is 1.99. The van der Waals surface area contributed by atoms with Crippen molar-refractivity contribution < 1.29 is 0 Å². The lowest BCUT2D eigenvalue weighted by Crippen LogP contribution is -2.33. The Labute approximate surface area is 123 Å². The molecule has 3 N–H and O–H groups in total. The topological polar surface area (TPSA) is 53.6 Å². The second-order valence-corrected chi connectivity index (χ2v) is 5.51. The number of hydrogen-bond donors (Lipinski definition) is 2. The molecular weight excluding hydrogens is 248 g/mol. The Kier molecular flexibility index (Phi) is 7.55. The van der Waals surface area contributed by atoms with E-state index in [2.05, 4.69) is 60.4 Å². The van der Waals surface area contributed by atoms with Crippen LogP contribution in [-0.4, -0.2) is 32.6 Å². The van der Waals surface area contributed by atoms with Crippen molar-refractivity contribution in [1.29, 1.82) is 0 Å². The van der Waals surface area contributed by atoms with Crippen molar-refractivity contribution in [1.82, 2.24) is 5.32 Å². The first-order chi connectivity index (χ1) is 9.59. The summed E-state index contributed by atoms with van der Waals surface area (Å²) in [4.78, 5) is 6.55. The maximum atomic E-state index is 5.78. The summed E-state index contributed by atoms with van der Waals surface area (Å²) in [6, 6.07) is 10.4. The minimum Gasteiger partial charge on any atom is -0.375 e. The Morgan fingerprint density at radius 2 is 1.95 bits per heavy atom. The first-order valence-corrected chi connectivity index (χ1v) is 7.39. The van der Waals surface area contributed by atoms with Crippen LogP contribution in [0.25, 0.3) is 0 Å². The zero-order chi connectivity index (χ0) is 14.8. The van der Waals surface area contributed by atoms with Gasteiger partial charge in [-0.1, -0.05) is 32.0 Å². The van der Waals surface area contributed by atoms with Gasteiger partial charge in [-0.05, 0) is 30.9 Å². The average Bonchev–Trinajstić information content (AvgIpc) is 2.45. The number of para-hydroxylation sites is 1. The molecule has 0 bridgehead atoms. The van der Waals surface area contributed by atoms with E-state index in [0.29, 0.717) is 11.9 Å². The van der Waals surface area contributed by atoms with Gasteiger partial charge in [-0.25, -0.2) is 0 Å². The number of rotatable bonds is 8. The van der Waals surface area contributed by atoms with E-state index in [1.807, 2.05) is 6.07 Å². The molecule has 0 saturated carbocycles. The average molecular weight is 276 g/mol. The summed E-state index contributed by atoms with van der Waals surface area (Å²) in [5.74, 6) is 1.12. The Morgan fingerprint density at radius 1 is 1.25 bits per heavy atom. The van der Waals surface area contributed by atoms with E-state index in [9.17, 15) is 0 Å². The number of nitrogens with zero attached hydrogens (tertiary/aromatic N) is 2. The van der Waals surface area contributed by atoms with Crippen LogP contribution in [0.1, 0.15) is 26.7 Å². The van der Waals surface area contributed by atoms with Gasteiger partial charge in [0.05, 0.1) is 0 Å². The van der Waals surface area contributed by atoms with Gasteiger partial charge in [0.2, 0.25) is 0 Å².